The number of anilines is 1. The highest BCUT2D eigenvalue weighted by Gasteiger charge is 2.31. The number of hydrogen-bond donors (Lipinski definition) is 1. The minimum absolute atomic E-state index is 0.0517. The second-order valence-electron chi connectivity index (χ2n) is 5.72. The Kier molecular flexibility index (Phi) is 6.04. The van der Waals surface area contributed by atoms with Gasteiger partial charge in [-0.05, 0) is 37.6 Å². The first-order valence-corrected chi connectivity index (χ1v) is 9.74. The van der Waals surface area contributed by atoms with Gasteiger partial charge in [-0.1, -0.05) is 0 Å². The van der Waals surface area contributed by atoms with Gasteiger partial charge in [-0.2, -0.15) is 5.26 Å². The Balaban J connectivity index is 2.11. The van der Waals surface area contributed by atoms with Crippen LogP contribution in [0.3, 0.4) is 0 Å². The SMILES string of the molecule is CCN(/C=C(/C#N)C(=O)Nc1ccc(OC)cc1)C1CCS(=O)(=O)C1. The summed E-state index contributed by atoms with van der Waals surface area (Å²) in [5.74, 6) is 0.318. The summed E-state index contributed by atoms with van der Waals surface area (Å²) < 4.78 is 28.3. The molecule has 1 amide bonds. The molecule has 0 saturated carbocycles. The van der Waals surface area contributed by atoms with Crippen molar-refractivity contribution in [1.29, 1.82) is 5.26 Å². The second-order valence-corrected chi connectivity index (χ2v) is 7.95. The van der Waals surface area contributed by atoms with Crippen molar-refractivity contribution in [3.63, 3.8) is 0 Å². The van der Waals surface area contributed by atoms with Crippen LogP contribution in [0.5, 0.6) is 5.75 Å². The largest absolute Gasteiger partial charge is 0.497 e. The maximum atomic E-state index is 12.3. The minimum Gasteiger partial charge on any atom is -0.497 e. The van der Waals surface area contributed by atoms with Gasteiger partial charge < -0.3 is 15.0 Å². The number of methoxy groups -OCH3 is 1. The molecule has 2 rings (SSSR count). The predicted octanol–water partition coefficient (Wildman–Crippen LogP) is 1.55. The summed E-state index contributed by atoms with van der Waals surface area (Å²) in [5.41, 5.74) is 0.473. The summed E-state index contributed by atoms with van der Waals surface area (Å²) in [4.78, 5) is 14.1. The first kappa shape index (κ1) is 18.8. The van der Waals surface area contributed by atoms with Crippen molar-refractivity contribution in [2.75, 3.05) is 30.5 Å². The first-order chi connectivity index (χ1) is 11.9. The molecule has 1 heterocycles. The molecule has 1 aromatic carbocycles. The van der Waals surface area contributed by atoms with Crippen molar-refractivity contribution in [2.24, 2.45) is 0 Å². The van der Waals surface area contributed by atoms with Crippen LogP contribution < -0.4 is 10.1 Å². The number of sulfone groups is 1. The molecule has 1 aromatic rings. The van der Waals surface area contributed by atoms with E-state index in [-0.39, 0.29) is 23.1 Å². The molecule has 1 aliphatic rings. The summed E-state index contributed by atoms with van der Waals surface area (Å²) in [6.07, 6.45) is 1.95. The second kappa shape index (κ2) is 8.03. The summed E-state index contributed by atoms with van der Waals surface area (Å²) in [6.45, 7) is 2.37. The Hall–Kier alpha value is -2.53. The van der Waals surface area contributed by atoms with E-state index in [0.717, 1.165) is 0 Å². The van der Waals surface area contributed by atoms with E-state index in [2.05, 4.69) is 5.32 Å². The monoisotopic (exact) mass is 363 g/mol. The summed E-state index contributed by atoms with van der Waals surface area (Å²) >= 11 is 0. The number of hydrogen-bond acceptors (Lipinski definition) is 6. The lowest BCUT2D eigenvalue weighted by molar-refractivity contribution is -0.112. The van der Waals surface area contributed by atoms with Crippen LogP contribution in [0.15, 0.2) is 36.0 Å². The smallest absolute Gasteiger partial charge is 0.267 e. The molecule has 134 valence electrons. The zero-order valence-corrected chi connectivity index (χ0v) is 15.0. The number of nitrogens with one attached hydrogen (secondary N) is 1. The maximum absolute atomic E-state index is 12.3. The highest BCUT2D eigenvalue weighted by Crippen LogP contribution is 2.19. The molecule has 1 fully saturated rings. The Morgan fingerprint density at radius 1 is 1.44 bits per heavy atom. The number of nitrogens with zero attached hydrogens (tertiary/aromatic N) is 2. The van der Waals surface area contributed by atoms with Gasteiger partial charge in [-0.25, -0.2) is 8.42 Å². The van der Waals surface area contributed by atoms with E-state index in [1.165, 1.54) is 6.20 Å². The number of benzene rings is 1. The average molecular weight is 363 g/mol. The highest BCUT2D eigenvalue weighted by atomic mass is 32.2. The van der Waals surface area contributed by atoms with Gasteiger partial charge in [-0.15, -0.1) is 0 Å². The summed E-state index contributed by atoms with van der Waals surface area (Å²) in [6, 6.07) is 8.44. The third-order valence-electron chi connectivity index (χ3n) is 4.05. The fourth-order valence-electron chi connectivity index (χ4n) is 2.67. The fourth-order valence-corrected chi connectivity index (χ4v) is 4.41. The van der Waals surface area contributed by atoms with Crippen LogP contribution in [0.4, 0.5) is 5.69 Å². The highest BCUT2D eigenvalue weighted by molar-refractivity contribution is 7.91. The molecule has 0 aromatic heterocycles. The number of rotatable bonds is 6. The molecule has 1 unspecified atom stereocenters. The van der Waals surface area contributed by atoms with Gasteiger partial charge in [0.15, 0.2) is 9.84 Å². The summed E-state index contributed by atoms with van der Waals surface area (Å²) in [7, 11) is -1.49. The minimum atomic E-state index is -3.03. The van der Waals surface area contributed by atoms with Crippen LogP contribution in [-0.4, -0.2) is 50.4 Å². The van der Waals surface area contributed by atoms with Crippen molar-refractivity contribution in [2.45, 2.75) is 19.4 Å². The zero-order valence-electron chi connectivity index (χ0n) is 14.2. The number of amides is 1. The normalized spacial score (nSPS) is 19.1. The average Bonchev–Trinajstić information content (AvgIpc) is 2.96. The molecule has 8 heteroatoms. The fraction of sp³-hybridized carbons (Fsp3) is 0.412. The number of carbonyl (C=O) groups excluding carboxylic acids is 1. The Morgan fingerprint density at radius 3 is 2.60 bits per heavy atom. The molecule has 1 aliphatic heterocycles. The number of nitriles is 1. The van der Waals surface area contributed by atoms with Crippen LogP contribution in [0.2, 0.25) is 0 Å². The van der Waals surface area contributed by atoms with Crippen molar-refractivity contribution < 1.29 is 17.9 Å². The van der Waals surface area contributed by atoms with Gasteiger partial charge >= 0.3 is 0 Å². The third kappa shape index (κ3) is 4.97. The predicted molar refractivity (Wildman–Crippen MR) is 94.8 cm³/mol. The molecular formula is C17H21N3O4S. The van der Waals surface area contributed by atoms with Crippen LogP contribution >= 0.6 is 0 Å². The van der Waals surface area contributed by atoms with E-state index >= 15 is 0 Å². The number of ether oxygens (including phenoxy) is 1. The van der Waals surface area contributed by atoms with E-state index in [4.69, 9.17) is 4.74 Å². The van der Waals surface area contributed by atoms with Crippen molar-refractivity contribution in [1.82, 2.24) is 4.90 Å². The quantitative estimate of drug-likeness (QED) is 0.608. The van der Waals surface area contributed by atoms with E-state index in [1.807, 2.05) is 13.0 Å². The van der Waals surface area contributed by atoms with Crippen LogP contribution in [-0.2, 0) is 14.6 Å². The van der Waals surface area contributed by atoms with E-state index < -0.39 is 15.7 Å². The van der Waals surface area contributed by atoms with E-state index in [9.17, 15) is 18.5 Å². The van der Waals surface area contributed by atoms with Crippen molar-refractivity contribution in [3.8, 4) is 11.8 Å². The molecule has 0 radical (unpaired) electrons. The Morgan fingerprint density at radius 2 is 2.12 bits per heavy atom. The maximum Gasteiger partial charge on any atom is 0.267 e. The molecular weight excluding hydrogens is 342 g/mol. The van der Waals surface area contributed by atoms with Gasteiger partial charge in [-0.3, -0.25) is 4.79 Å². The topological polar surface area (TPSA) is 99.5 Å². The molecule has 25 heavy (non-hydrogen) atoms. The summed E-state index contributed by atoms with van der Waals surface area (Å²) in [5, 5.41) is 12.0. The number of carbonyl (C=O) groups is 1. The lowest BCUT2D eigenvalue weighted by atomic mass is 10.2. The van der Waals surface area contributed by atoms with Gasteiger partial charge in [0.2, 0.25) is 0 Å². The molecule has 0 aliphatic carbocycles. The van der Waals surface area contributed by atoms with E-state index in [1.54, 1.807) is 36.3 Å². The molecule has 0 spiro atoms. The van der Waals surface area contributed by atoms with Gasteiger partial charge in [0.1, 0.15) is 17.4 Å². The molecule has 1 saturated heterocycles. The molecule has 1 atom stereocenters. The van der Waals surface area contributed by atoms with Gasteiger partial charge in [0.05, 0.1) is 18.6 Å². The lowest BCUT2D eigenvalue weighted by Crippen LogP contribution is -2.32. The standard InChI is InChI=1S/C17H21N3O4S/c1-3-20(15-8-9-25(22,23)12-15)11-13(10-18)17(21)19-14-4-6-16(24-2)7-5-14/h4-7,11,15H,3,8-9,12H2,1-2H3,(H,19,21)/b13-11-. The molecule has 7 nitrogen and oxygen atoms in total. The lowest BCUT2D eigenvalue weighted by Gasteiger charge is -2.25. The van der Waals surface area contributed by atoms with Crippen LogP contribution in [0, 0.1) is 11.3 Å². The Labute approximate surface area is 147 Å². The molecule has 0 bridgehead atoms. The zero-order chi connectivity index (χ0) is 18.4. The first-order valence-electron chi connectivity index (χ1n) is 7.92. The van der Waals surface area contributed by atoms with Gasteiger partial charge in [0.25, 0.3) is 5.91 Å². The van der Waals surface area contributed by atoms with Crippen molar-refractivity contribution in [3.05, 3.63) is 36.0 Å². The van der Waals surface area contributed by atoms with Gasteiger partial charge in [0, 0.05) is 24.5 Å². The van der Waals surface area contributed by atoms with Crippen molar-refractivity contribution >= 4 is 21.4 Å². The van der Waals surface area contributed by atoms with Crippen LogP contribution in [0.1, 0.15) is 13.3 Å². The molecule has 1 N–H and O–H groups in total. The van der Waals surface area contributed by atoms with Crippen LogP contribution in [0.25, 0.3) is 0 Å². The third-order valence-corrected chi connectivity index (χ3v) is 5.80. The Bertz CT molecular complexity index is 794. The van der Waals surface area contributed by atoms with E-state index in [0.29, 0.717) is 24.4 Å².